The highest BCUT2D eigenvalue weighted by Gasteiger charge is 2.15. The van der Waals surface area contributed by atoms with Crippen LogP contribution in [-0.4, -0.2) is 63.9 Å². The molecule has 1 fully saturated rings. The molecule has 9 heteroatoms. The normalized spacial score (nSPS) is 15.2. The maximum Gasteiger partial charge on any atom is 0.251 e. The lowest BCUT2D eigenvalue weighted by Crippen LogP contribution is -2.43. The molecule has 0 unspecified atom stereocenters. The molecule has 170 valence electrons. The van der Waals surface area contributed by atoms with E-state index in [9.17, 15) is 13.2 Å². The third-order valence-corrected chi connectivity index (χ3v) is 6.88. The number of rotatable bonds is 9. The Hall–Kier alpha value is -2.77. The molecule has 0 aliphatic carbocycles. The first-order valence-electron chi connectivity index (χ1n) is 10.6. The number of hydrogen-bond donors (Lipinski definition) is 2. The van der Waals surface area contributed by atoms with Gasteiger partial charge >= 0.3 is 0 Å². The quantitative estimate of drug-likeness (QED) is 0.556. The lowest BCUT2D eigenvalue weighted by atomic mass is 10.1. The second-order valence-electron chi connectivity index (χ2n) is 7.91. The summed E-state index contributed by atoms with van der Waals surface area (Å²) in [7, 11) is -1.55. The number of benzene rings is 2. The number of nitrogens with one attached hydrogen (secondary N) is 2. The fraction of sp³-hybridized carbons (Fsp3) is 0.391. The van der Waals surface area contributed by atoms with Gasteiger partial charge in [-0.3, -0.25) is 9.69 Å². The average Bonchev–Trinajstić information content (AvgIpc) is 2.79. The monoisotopic (exact) mass is 455 g/mol. The molecule has 0 atom stereocenters. The third-order valence-electron chi connectivity index (χ3n) is 5.40. The van der Waals surface area contributed by atoms with Crippen molar-refractivity contribution < 1.29 is 13.2 Å². The molecule has 2 aromatic carbocycles. The molecule has 0 radical (unpaired) electrons. The Morgan fingerprint density at radius 3 is 2.44 bits per heavy atom. The van der Waals surface area contributed by atoms with Crippen LogP contribution in [-0.2, 0) is 23.1 Å². The summed E-state index contributed by atoms with van der Waals surface area (Å²) in [4.78, 5) is 17.3. The van der Waals surface area contributed by atoms with Gasteiger partial charge in [0.05, 0.1) is 11.0 Å². The van der Waals surface area contributed by atoms with Crippen LogP contribution in [0.2, 0.25) is 0 Å². The summed E-state index contributed by atoms with van der Waals surface area (Å²) in [6, 6.07) is 15.8. The number of carbonyl (C=O) groups excluding carboxylic acids is 1. The van der Waals surface area contributed by atoms with E-state index in [0.29, 0.717) is 12.1 Å². The summed E-state index contributed by atoms with van der Waals surface area (Å²) < 4.78 is 26.7. The van der Waals surface area contributed by atoms with Crippen LogP contribution in [0.15, 0.2) is 53.4 Å². The van der Waals surface area contributed by atoms with Crippen LogP contribution in [0.4, 0.5) is 0 Å². The van der Waals surface area contributed by atoms with Crippen molar-refractivity contribution >= 4 is 15.9 Å². The number of sulfonamides is 1. The van der Waals surface area contributed by atoms with Gasteiger partial charge in [0, 0.05) is 57.8 Å². The lowest BCUT2D eigenvalue weighted by Gasteiger charge is -2.32. The van der Waals surface area contributed by atoms with Crippen molar-refractivity contribution in [2.75, 3.05) is 39.8 Å². The van der Waals surface area contributed by atoms with Crippen LogP contribution in [0, 0.1) is 11.3 Å². The minimum absolute atomic E-state index is 0.0505. The van der Waals surface area contributed by atoms with Crippen LogP contribution in [0.3, 0.4) is 0 Å². The van der Waals surface area contributed by atoms with Crippen LogP contribution in [0.1, 0.15) is 27.9 Å². The van der Waals surface area contributed by atoms with Gasteiger partial charge in [0.15, 0.2) is 0 Å². The van der Waals surface area contributed by atoms with E-state index < -0.39 is 10.0 Å². The van der Waals surface area contributed by atoms with Crippen LogP contribution in [0.25, 0.3) is 0 Å². The molecule has 32 heavy (non-hydrogen) atoms. The molecule has 0 bridgehead atoms. The summed E-state index contributed by atoms with van der Waals surface area (Å²) in [5, 5.41) is 11.4. The van der Waals surface area contributed by atoms with Crippen molar-refractivity contribution in [2.45, 2.75) is 24.4 Å². The maximum atomic E-state index is 12.5. The van der Waals surface area contributed by atoms with E-state index in [0.717, 1.165) is 38.3 Å². The third kappa shape index (κ3) is 6.87. The number of hydrogen-bond acceptors (Lipinski definition) is 6. The largest absolute Gasteiger partial charge is 0.348 e. The fourth-order valence-electron chi connectivity index (χ4n) is 3.50. The number of nitrogens with zero attached hydrogens (tertiary/aromatic N) is 3. The molecule has 1 aliphatic heterocycles. The molecule has 1 saturated heterocycles. The molecule has 1 amide bonds. The number of nitriles is 1. The summed E-state index contributed by atoms with van der Waals surface area (Å²) in [5.74, 6) is -0.268. The molecule has 0 aromatic heterocycles. The first-order valence-corrected chi connectivity index (χ1v) is 12.1. The zero-order valence-electron chi connectivity index (χ0n) is 18.3. The van der Waals surface area contributed by atoms with E-state index in [2.05, 4.69) is 39.0 Å². The minimum Gasteiger partial charge on any atom is -0.348 e. The minimum atomic E-state index is -3.69. The van der Waals surface area contributed by atoms with Gasteiger partial charge in [-0.15, -0.1) is 0 Å². The van der Waals surface area contributed by atoms with Crippen LogP contribution >= 0.6 is 0 Å². The molecule has 3 rings (SSSR count). The molecule has 0 spiro atoms. The van der Waals surface area contributed by atoms with Gasteiger partial charge in [-0.25, -0.2) is 13.1 Å². The standard InChI is InChI=1S/C23H29N5O3S/c1-27-12-14-28(15-13-27)18-20-5-2-4-19(16-20)17-25-23(29)21-6-8-22(9-7-21)32(30,31)26-11-3-10-24/h2,4-9,16,26H,3,11-15,17-18H2,1H3,(H,25,29). The summed E-state index contributed by atoms with van der Waals surface area (Å²) in [6.07, 6.45) is 0.0935. The average molecular weight is 456 g/mol. The van der Waals surface area contributed by atoms with Gasteiger partial charge < -0.3 is 10.2 Å². The number of piperazine rings is 1. The van der Waals surface area contributed by atoms with E-state index in [4.69, 9.17) is 5.26 Å². The molecule has 2 N–H and O–H groups in total. The van der Waals surface area contributed by atoms with Gasteiger partial charge in [0.2, 0.25) is 10.0 Å². The zero-order valence-corrected chi connectivity index (χ0v) is 19.1. The van der Waals surface area contributed by atoms with E-state index in [1.165, 1.54) is 29.8 Å². The van der Waals surface area contributed by atoms with E-state index >= 15 is 0 Å². The SMILES string of the molecule is CN1CCN(Cc2cccc(CNC(=O)c3ccc(S(=O)(=O)NCCC#N)cc3)c2)CC1. The van der Waals surface area contributed by atoms with Gasteiger partial charge in [0.25, 0.3) is 5.91 Å². The van der Waals surface area contributed by atoms with Gasteiger partial charge in [-0.2, -0.15) is 5.26 Å². The predicted molar refractivity (Wildman–Crippen MR) is 122 cm³/mol. The number of amides is 1. The Bertz CT molecular complexity index is 1060. The first kappa shape index (κ1) is 23.9. The highest BCUT2D eigenvalue weighted by molar-refractivity contribution is 7.89. The number of carbonyl (C=O) groups is 1. The molecule has 1 aliphatic rings. The van der Waals surface area contributed by atoms with Crippen molar-refractivity contribution in [1.29, 1.82) is 5.26 Å². The molecule has 1 heterocycles. The smallest absolute Gasteiger partial charge is 0.251 e. The maximum absolute atomic E-state index is 12.5. The Kier molecular flexibility index (Phi) is 8.36. The van der Waals surface area contributed by atoms with E-state index in [1.807, 2.05) is 18.2 Å². The van der Waals surface area contributed by atoms with E-state index in [-0.39, 0.29) is 23.8 Å². The second kappa shape index (κ2) is 11.2. The highest BCUT2D eigenvalue weighted by atomic mass is 32.2. The summed E-state index contributed by atoms with van der Waals surface area (Å²) in [5.41, 5.74) is 2.63. The van der Waals surface area contributed by atoms with Crippen molar-refractivity contribution in [1.82, 2.24) is 19.8 Å². The Morgan fingerprint density at radius 1 is 1.06 bits per heavy atom. The fourth-order valence-corrected chi connectivity index (χ4v) is 4.53. The first-order chi connectivity index (χ1) is 15.4. The molecule has 0 saturated carbocycles. The number of likely N-dealkylation sites (N-methyl/N-ethyl adjacent to an activating group) is 1. The van der Waals surface area contributed by atoms with Gasteiger partial charge in [-0.1, -0.05) is 24.3 Å². The van der Waals surface area contributed by atoms with Crippen molar-refractivity contribution in [3.63, 3.8) is 0 Å². The Morgan fingerprint density at radius 2 is 1.75 bits per heavy atom. The topological polar surface area (TPSA) is 106 Å². The van der Waals surface area contributed by atoms with Crippen molar-refractivity contribution in [3.05, 3.63) is 65.2 Å². The molecular weight excluding hydrogens is 426 g/mol. The van der Waals surface area contributed by atoms with Gasteiger partial charge in [0.1, 0.15) is 0 Å². The second-order valence-corrected chi connectivity index (χ2v) is 9.68. The Balaban J connectivity index is 1.54. The molecular formula is C23H29N5O3S. The van der Waals surface area contributed by atoms with Crippen LogP contribution in [0.5, 0.6) is 0 Å². The molecule has 8 nitrogen and oxygen atoms in total. The lowest BCUT2D eigenvalue weighted by molar-refractivity contribution is 0.0950. The van der Waals surface area contributed by atoms with Crippen molar-refractivity contribution in [3.8, 4) is 6.07 Å². The Labute approximate surface area is 189 Å². The molecule has 2 aromatic rings. The summed E-state index contributed by atoms with van der Waals surface area (Å²) in [6.45, 7) is 5.60. The van der Waals surface area contributed by atoms with Gasteiger partial charge in [-0.05, 0) is 42.4 Å². The van der Waals surface area contributed by atoms with Crippen LogP contribution < -0.4 is 10.0 Å². The predicted octanol–water partition coefficient (Wildman–Crippen LogP) is 1.56. The summed E-state index contributed by atoms with van der Waals surface area (Å²) >= 11 is 0. The highest BCUT2D eigenvalue weighted by Crippen LogP contribution is 2.13. The van der Waals surface area contributed by atoms with Crippen molar-refractivity contribution in [2.24, 2.45) is 0 Å². The van der Waals surface area contributed by atoms with E-state index in [1.54, 1.807) is 0 Å². The zero-order chi connectivity index (χ0) is 23.0.